The minimum absolute atomic E-state index is 0.622. The Morgan fingerprint density at radius 1 is 1.43 bits per heavy atom. The lowest BCUT2D eigenvalue weighted by Crippen LogP contribution is -2.45. The van der Waals surface area contributed by atoms with E-state index in [9.17, 15) is 0 Å². The van der Waals surface area contributed by atoms with Crippen molar-refractivity contribution in [1.82, 2.24) is 10.2 Å². The van der Waals surface area contributed by atoms with Gasteiger partial charge in [0, 0.05) is 18.6 Å². The molecule has 0 radical (unpaired) electrons. The van der Waals surface area contributed by atoms with Crippen molar-refractivity contribution in [3.8, 4) is 0 Å². The molecule has 2 atom stereocenters. The lowest BCUT2D eigenvalue weighted by molar-refractivity contribution is 0.316. The largest absolute Gasteiger partial charge is 0.363 e. The van der Waals surface area contributed by atoms with Crippen LogP contribution in [0.5, 0.6) is 0 Å². The molecule has 0 saturated carbocycles. The molecule has 82 valence electrons. The van der Waals surface area contributed by atoms with Crippen LogP contribution in [-0.2, 0) is 0 Å². The van der Waals surface area contributed by atoms with Gasteiger partial charge in [0.05, 0.1) is 0 Å². The van der Waals surface area contributed by atoms with Crippen LogP contribution in [0.2, 0.25) is 0 Å². The summed E-state index contributed by atoms with van der Waals surface area (Å²) in [4.78, 5) is 2.39. The SMILES string of the molecule is CCCNC(=S)N1C(C)CCC1CC. The molecule has 1 aliphatic heterocycles. The van der Waals surface area contributed by atoms with Gasteiger partial charge in [-0.15, -0.1) is 0 Å². The second-order valence-corrected chi connectivity index (χ2v) is 4.51. The van der Waals surface area contributed by atoms with Crippen molar-refractivity contribution >= 4 is 17.3 Å². The molecular weight excluding hydrogens is 192 g/mol. The van der Waals surface area contributed by atoms with Crippen LogP contribution in [0, 0.1) is 0 Å². The summed E-state index contributed by atoms with van der Waals surface area (Å²) in [5.74, 6) is 0. The highest BCUT2D eigenvalue weighted by Crippen LogP contribution is 2.25. The van der Waals surface area contributed by atoms with Gasteiger partial charge in [-0.05, 0) is 44.8 Å². The first kappa shape index (κ1) is 11.8. The predicted molar refractivity (Wildman–Crippen MR) is 65.5 cm³/mol. The van der Waals surface area contributed by atoms with Crippen LogP contribution in [0.4, 0.5) is 0 Å². The molecule has 1 rings (SSSR count). The van der Waals surface area contributed by atoms with Crippen molar-refractivity contribution in [2.24, 2.45) is 0 Å². The van der Waals surface area contributed by atoms with Crippen molar-refractivity contribution in [1.29, 1.82) is 0 Å². The normalized spacial score (nSPS) is 26.6. The predicted octanol–water partition coefficient (Wildman–Crippen LogP) is 2.53. The molecular formula is C11H22N2S. The third kappa shape index (κ3) is 2.59. The second kappa shape index (κ2) is 5.54. The fraction of sp³-hybridized carbons (Fsp3) is 0.909. The molecule has 0 aliphatic carbocycles. The molecule has 0 amide bonds. The third-order valence-electron chi connectivity index (χ3n) is 3.02. The number of likely N-dealkylation sites (tertiary alicyclic amines) is 1. The van der Waals surface area contributed by atoms with Crippen molar-refractivity contribution in [2.75, 3.05) is 6.54 Å². The van der Waals surface area contributed by atoms with Gasteiger partial charge in [0.25, 0.3) is 0 Å². The van der Waals surface area contributed by atoms with Crippen molar-refractivity contribution in [3.63, 3.8) is 0 Å². The highest BCUT2D eigenvalue weighted by molar-refractivity contribution is 7.80. The summed E-state index contributed by atoms with van der Waals surface area (Å²) in [6, 6.07) is 1.29. The van der Waals surface area contributed by atoms with E-state index >= 15 is 0 Å². The Morgan fingerprint density at radius 3 is 2.71 bits per heavy atom. The Labute approximate surface area is 93.1 Å². The van der Waals surface area contributed by atoms with Gasteiger partial charge >= 0.3 is 0 Å². The van der Waals surface area contributed by atoms with E-state index in [-0.39, 0.29) is 0 Å². The zero-order valence-electron chi connectivity index (χ0n) is 9.55. The van der Waals surface area contributed by atoms with Crippen LogP contribution < -0.4 is 5.32 Å². The summed E-state index contributed by atoms with van der Waals surface area (Å²) < 4.78 is 0. The number of hydrogen-bond donors (Lipinski definition) is 1. The molecule has 0 bridgehead atoms. The number of rotatable bonds is 3. The molecule has 1 N–H and O–H groups in total. The quantitative estimate of drug-likeness (QED) is 0.727. The van der Waals surface area contributed by atoms with E-state index in [0.29, 0.717) is 12.1 Å². The van der Waals surface area contributed by atoms with Crippen LogP contribution in [-0.4, -0.2) is 28.6 Å². The first-order chi connectivity index (χ1) is 6.70. The first-order valence-electron chi connectivity index (χ1n) is 5.76. The summed E-state index contributed by atoms with van der Waals surface area (Å²) >= 11 is 5.41. The van der Waals surface area contributed by atoms with Crippen LogP contribution in [0.1, 0.15) is 46.5 Å². The van der Waals surface area contributed by atoms with E-state index in [1.165, 1.54) is 19.3 Å². The molecule has 1 fully saturated rings. The number of hydrogen-bond acceptors (Lipinski definition) is 1. The zero-order chi connectivity index (χ0) is 10.6. The molecule has 14 heavy (non-hydrogen) atoms. The molecule has 0 aromatic heterocycles. The maximum atomic E-state index is 5.41. The van der Waals surface area contributed by atoms with Gasteiger partial charge in [-0.3, -0.25) is 0 Å². The average molecular weight is 214 g/mol. The smallest absolute Gasteiger partial charge is 0.169 e. The molecule has 2 nitrogen and oxygen atoms in total. The summed E-state index contributed by atoms with van der Waals surface area (Å²) in [6.07, 6.45) is 4.93. The highest BCUT2D eigenvalue weighted by atomic mass is 32.1. The minimum Gasteiger partial charge on any atom is -0.363 e. The van der Waals surface area contributed by atoms with Gasteiger partial charge in [0.1, 0.15) is 0 Å². The van der Waals surface area contributed by atoms with Gasteiger partial charge in [0.15, 0.2) is 5.11 Å². The molecule has 2 unspecified atom stereocenters. The summed E-state index contributed by atoms with van der Waals surface area (Å²) in [5, 5.41) is 4.29. The second-order valence-electron chi connectivity index (χ2n) is 4.13. The number of thiocarbonyl (C=S) groups is 1. The molecule has 0 aromatic carbocycles. The van der Waals surface area contributed by atoms with Crippen LogP contribution in [0.25, 0.3) is 0 Å². The molecule has 1 saturated heterocycles. The molecule has 3 heteroatoms. The monoisotopic (exact) mass is 214 g/mol. The van der Waals surface area contributed by atoms with Crippen LogP contribution >= 0.6 is 12.2 Å². The highest BCUT2D eigenvalue weighted by Gasteiger charge is 2.30. The van der Waals surface area contributed by atoms with E-state index in [0.717, 1.165) is 18.1 Å². The van der Waals surface area contributed by atoms with Gasteiger partial charge in [-0.25, -0.2) is 0 Å². The lowest BCUT2D eigenvalue weighted by Gasteiger charge is -2.30. The molecule has 1 heterocycles. The maximum Gasteiger partial charge on any atom is 0.169 e. The Kier molecular flexibility index (Phi) is 4.66. The van der Waals surface area contributed by atoms with E-state index in [1.807, 2.05) is 0 Å². The van der Waals surface area contributed by atoms with E-state index in [2.05, 4.69) is 31.0 Å². The van der Waals surface area contributed by atoms with Crippen molar-refractivity contribution in [3.05, 3.63) is 0 Å². The maximum absolute atomic E-state index is 5.41. The van der Waals surface area contributed by atoms with Crippen LogP contribution in [0.15, 0.2) is 0 Å². The lowest BCUT2D eigenvalue weighted by atomic mass is 10.2. The Balaban J connectivity index is 2.50. The Bertz CT molecular complexity index is 194. The van der Waals surface area contributed by atoms with Crippen LogP contribution in [0.3, 0.4) is 0 Å². The Morgan fingerprint density at radius 2 is 2.14 bits per heavy atom. The van der Waals surface area contributed by atoms with Crippen molar-refractivity contribution in [2.45, 2.75) is 58.5 Å². The summed E-state index contributed by atoms with van der Waals surface area (Å²) in [7, 11) is 0. The minimum atomic E-state index is 0.622. The fourth-order valence-electron chi connectivity index (χ4n) is 2.16. The van der Waals surface area contributed by atoms with Gasteiger partial charge in [-0.1, -0.05) is 13.8 Å². The zero-order valence-corrected chi connectivity index (χ0v) is 10.4. The third-order valence-corrected chi connectivity index (χ3v) is 3.37. The van der Waals surface area contributed by atoms with Crippen molar-refractivity contribution < 1.29 is 0 Å². The van der Waals surface area contributed by atoms with E-state index in [4.69, 9.17) is 12.2 Å². The van der Waals surface area contributed by atoms with E-state index in [1.54, 1.807) is 0 Å². The fourth-order valence-corrected chi connectivity index (χ4v) is 2.59. The average Bonchev–Trinajstić information content (AvgIpc) is 2.56. The molecule has 1 aliphatic rings. The Hall–Kier alpha value is -0.310. The van der Waals surface area contributed by atoms with E-state index < -0.39 is 0 Å². The van der Waals surface area contributed by atoms with Gasteiger partial charge in [-0.2, -0.15) is 0 Å². The number of nitrogens with one attached hydrogen (secondary N) is 1. The summed E-state index contributed by atoms with van der Waals surface area (Å²) in [6.45, 7) is 7.69. The summed E-state index contributed by atoms with van der Waals surface area (Å²) in [5.41, 5.74) is 0. The van der Waals surface area contributed by atoms with Gasteiger partial charge < -0.3 is 10.2 Å². The molecule has 0 aromatic rings. The van der Waals surface area contributed by atoms with Gasteiger partial charge in [0.2, 0.25) is 0 Å². The topological polar surface area (TPSA) is 15.3 Å². The standard InChI is InChI=1S/C11H22N2S/c1-4-8-12-11(14)13-9(3)6-7-10(13)5-2/h9-10H,4-8H2,1-3H3,(H,12,14). The molecule has 0 spiro atoms. The number of nitrogens with zero attached hydrogens (tertiary/aromatic N) is 1. The first-order valence-corrected chi connectivity index (χ1v) is 6.17.